The molecule has 86 valence electrons. The standard InChI is InChI=1S/C13H18N2O/c16-13(5-10-1-3-14-4-2-10)6-11-8-15-9-12(11)7-13/h1-4,11-12,15-16H,5-9H2. The minimum absolute atomic E-state index is 0.473. The van der Waals surface area contributed by atoms with Gasteiger partial charge in [-0.15, -0.1) is 0 Å². The Morgan fingerprint density at radius 1 is 1.25 bits per heavy atom. The van der Waals surface area contributed by atoms with E-state index in [0.717, 1.165) is 32.4 Å². The van der Waals surface area contributed by atoms with Crippen LogP contribution < -0.4 is 5.32 Å². The highest BCUT2D eigenvalue weighted by Crippen LogP contribution is 2.42. The van der Waals surface area contributed by atoms with E-state index >= 15 is 0 Å². The minimum Gasteiger partial charge on any atom is -0.390 e. The van der Waals surface area contributed by atoms with Gasteiger partial charge in [0.15, 0.2) is 0 Å². The maximum Gasteiger partial charge on any atom is 0.0694 e. The lowest BCUT2D eigenvalue weighted by Crippen LogP contribution is -2.30. The van der Waals surface area contributed by atoms with Gasteiger partial charge < -0.3 is 10.4 Å². The molecule has 0 radical (unpaired) electrons. The summed E-state index contributed by atoms with van der Waals surface area (Å²) in [5.41, 5.74) is 0.726. The largest absolute Gasteiger partial charge is 0.390 e. The van der Waals surface area contributed by atoms with Crippen LogP contribution in [0, 0.1) is 11.8 Å². The van der Waals surface area contributed by atoms with Crippen molar-refractivity contribution >= 4 is 0 Å². The smallest absolute Gasteiger partial charge is 0.0694 e. The summed E-state index contributed by atoms with van der Waals surface area (Å²) in [6.45, 7) is 2.17. The number of pyridine rings is 1. The third-order valence-electron chi connectivity index (χ3n) is 4.05. The Morgan fingerprint density at radius 3 is 2.50 bits per heavy atom. The molecule has 0 aromatic carbocycles. The highest BCUT2D eigenvalue weighted by molar-refractivity contribution is 5.15. The summed E-state index contributed by atoms with van der Waals surface area (Å²) in [4.78, 5) is 4.01. The second-order valence-electron chi connectivity index (χ2n) is 5.34. The van der Waals surface area contributed by atoms with Crippen molar-refractivity contribution in [2.75, 3.05) is 13.1 Å². The van der Waals surface area contributed by atoms with Crippen LogP contribution in [0.15, 0.2) is 24.5 Å². The summed E-state index contributed by atoms with van der Waals surface area (Å²) in [7, 11) is 0. The maximum absolute atomic E-state index is 10.6. The van der Waals surface area contributed by atoms with Crippen LogP contribution in [0.5, 0.6) is 0 Å². The molecule has 2 aliphatic rings. The second-order valence-corrected chi connectivity index (χ2v) is 5.34. The molecule has 1 aliphatic carbocycles. The zero-order chi connectivity index (χ0) is 11.0. The van der Waals surface area contributed by atoms with Gasteiger partial charge in [0.25, 0.3) is 0 Å². The van der Waals surface area contributed by atoms with Crippen LogP contribution in [0.3, 0.4) is 0 Å². The average Bonchev–Trinajstić information content (AvgIpc) is 2.77. The molecule has 1 aromatic rings. The number of hydrogen-bond donors (Lipinski definition) is 2. The van der Waals surface area contributed by atoms with Gasteiger partial charge in [-0.05, 0) is 55.5 Å². The second kappa shape index (κ2) is 3.82. The van der Waals surface area contributed by atoms with E-state index in [0.29, 0.717) is 11.8 Å². The van der Waals surface area contributed by atoms with Crippen molar-refractivity contribution in [3.63, 3.8) is 0 Å². The number of aliphatic hydroxyl groups is 1. The molecule has 3 nitrogen and oxygen atoms in total. The molecule has 2 atom stereocenters. The van der Waals surface area contributed by atoms with E-state index in [-0.39, 0.29) is 0 Å². The lowest BCUT2D eigenvalue weighted by molar-refractivity contribution is 0.0398. The van der Waals surface area contributed by atoms with E-state index in [4.69, 9.17) is 0 Å². The Labute approximate surface area is 95.9 Å². The van der Waals surface area contributed by atoms with Gasteiger partial charge in [-0.3, -0.25) is 4.98 Å². The van der Waals surface area contributed by atoms with Gasteiger partial charge in [-0.1, -0.05) is 0 Å². The first-order chi connectivity index (χ1) is 7.75. The third kappa shape index (κ3) is 1.85. The fourth-order valence-corrected chi connectivity index (χ4v) is 3.35. The van der Waals surface area contributed by atoms with Gasteiger partial charge in [0.2, 0.25) is 0 Å². The minimum atomic E-state index is -0.473. The van der Waals surface area contributed by atoms with Crippen LogP contribution in [-0.2, 0) is 6.42 Å². The van der Waals surface area contributed by atoms with Crippen LogP contribution in [0.4, 0.5) is 0 Å². The van der Waals surface area contributed by atoms with E-state index in [9.17, 15) is 5.11 Å². The molecule has 1 saturated heterocycles. The molecule has 2 heterocycles. The molecular formula is C13H18N2O. The van der Waals surface area contributed by atoms with Crippen molar-refractivity contribution in [2.24, 2.45) is 11.8 Å². The Balaban J connectivity index is 1.71. The van der Waals surface area contributed by atoms with Gasteiger partial charge in [0.1, 0.15) is 0 Å². The molecule has 2 unspecified atom stereocenters. The zero-order valence-electron chi connectivity index (χ0n) is 9.39. The van der Waals surface area contributed by atoms with Gasteiger partial charge in [-0.2, -0.15) is 0 Å². The number of hydrogen-bond acceptors (Lipinski definition) is 3. The normalized spacial score (nSPS) is 37.6. The number of fused-ring (bicyclic) bond motifs is 1. The number of aromatic nitrogens is 1. The SMILES string of the molecule is OC1(Cc2ccncc2)CC2CNCC2C1. The van der Waals surface area contributed by atoms with E-state index in [1.807, 2.05) is 12.1 Å². The molecule has 1 aromatic heterocycles. The zero-order valence-corrected chi connectivity index (χ0v) is 9.39. The molecule has 2 N–H and O–H groups in total. The molecule has 3 heteroatoms. The topological polar surface area (TPSA) is 45.2 Å². The summed E-state index contributed by atoms with van der Waals surface area (Å²) in [5.74, 6) is 1.37. The van der Waals surface area contributed by atoms with E-state index < -0.39 is 5.60 Å². The maximum atomic E-state index is 10.6. The highest BCUT2D eigenvalue weighted by Gasteiger charge is 2.45. The van der Waals surface area contributed by atoms with Crippen molar-refractivity contribution < 1.29 is 5.11 Å². The summed E-state index contributed by atoms with van der Waals surface area (Å²) in [6.07, 6.45) is 6.29. The predicted molar refractivity (Wildman–Crippen MR) is 62.0 cm³/mol. The Morgan fingerprint density at radius 2 is 1.88 bits per heavy atom. The van der Waals surface area contributed by atoms with Gasteiger partial charge >= 0.3 is 0 Å². The number of nitrogens with zero attached hydrogens (tertiary/aromatic N) is 1. The first-order valence-electron chi connectivity index (χ1n) is 6.07. The fraction of sp³-hybridized carbons (Fsp3) is 0.615. The van der Waals surface area contributed by atoms with Crippen LogP contribution >= 0.6 is 0 Å². The first kappa shape index (κ1) is 10.2. The van der Waals surface area contributed by atoms with Crippen molar-refractivity contribution in [3.05, 3.63) is 30.1 Å². The van der Waals surface area contributed by atoms with Crippen LogP contribution in [0.2, 0.25) is 0 Å². The molecule has 0 amide bonds. The van der Waals surface area contributed by atoms with Gasteiger partial charge in [0.05, 0.1) is 5.60 Å². The van der Waals surface area contributed by atoms with Crippen molar-refractivity contribution in [3.8, 4) is 0 Å². The quantitative estimate of drug-likeness (QED) is 0.778. The third-order valence-corrected chi connectivity index (χ3v) is 4.05. The van der Waals surface area contributed by atoms with Crippen LogP contribution in [0.25, 0.3) is 0 Å². The van der Waals surface area contributed by atoms with E-state index in [1.165, 1.54) is 5.56 Å². The van der Waals surface area contributed by atoms with Crippen LogP contribution in [-0.4, -0.2) is 28.8 Å². The molecule has 3 rings (SSSR count). The first-order valence-corrected chi connectivity index (χ1v) is 6.07. The van der Waals surface area contributed by atoms with Gasteiger partial charge in [0, 0.05) is 18.8 Å². The Kier molecular flexibility index (Phi) is 2.45. The van der Waals surface area contributed by atoms with Gasteiger partial charge in [-0.25, -0.2) is 0 Å². The van der Waals surface area contributed by atoms with Crippen molar-refractivity contribution in [1.29, 1.82) is 0 Å². The summed E-state index contributed by atoms with van der Waals surface area (Å²) in [6, 6.07) is 4.01. The average molecular weight is 218 g/mol. The molecule has 1 aliphatic heterocycles. The predicted octanol–water partition coefficient (Wildman–Crippen LogP) is 0.985. The molecule has 0 bridgehead atoms. The molecule has 2 fully saturated rings. The molecule has 0 spiro atoms. The fourth-order valence-electron chi connectivity index (χ4n) is 3.35. The molecule has 1 saturated carbocycles. The monoisotopic (exact) mass is 218 g/mol. The highest BCUT2D eigenvalue weighted by atomic mass is 16.3. The number of nitrogens with one attached hydrogen (secondary N) is 1. The van der Waals surface area contributed by atoms with Crippen LogP contribution in [0.1, 0.15) is 18.4 Å². The molecular weight excluding hydrogens is 200 g/mol. The summed E-state index contributed by atoms with van der Waals surface area (Å²) >= 11 is 0. The van der Waals surface area contributed by atoms with Crippen molar-refractivity contribution in [2.45, 2.75) is 24.9 Å². The Hall–Kier alpha value is -0.930. The van der Waals surface area contributed by atoms with E-state index in [1.54, 1.807) is 12.4 Å². The lowest BCUT2D eigenvalue weighted by atomic mass is 9.92. The summed E-state index contributed by atoms with van der Waals surface area (Å²) < 4.78 is 0. The molecule has 16 heavy (non-hydrogen) atoms. The Bertz CT molecular complexity index is 353. The lowest BCUT2D eigenvalue weighted by Gasteiger charge is -2.23. The summed E-state index contributed by atoms with van der Waals surface area (Å²) in [5, 5.41) is 14.0. The van der Waals surface area contributed by atoms with Crippen molar-refractivity contribution in [1.82, 2.24) is 10.3 Å². The van der Waals surface area contributed by atoms with E-state index in [2.05, 4.69) is 10.3 Å². The number of rotatable bonds is 2.